The number of ether oxygens (including phenoxy) is 1. The normalized spacial score (nSPS) is 10.2. The van der Waals surface area contributed by atoms with Crippen LogP contribution in [0.1, 0.15) is 5.56 Å². The van der Waals surface area contributed by atoms with Gasteiger partial charge in [0, 0.05) is 11.8 Å². The molecule has 0 heterocycles. The number of hydrogen-bond donors (Lipinski definition) is 1. The Hall–Kier alpha value is -2.43. The number of benzene rings is 2. The number of halogens is 2. The summed E-state index contributed by atoms with van der Waals surface area (Å²) in [5, 5.41) is 2.37. The van der Waals surface area contributed by atoms with E-state index in [4.69, 9.17) is 4.74 Å². The number of para-hydroxylation sites is 1. The molecule has 0 saturated heterocycles. The smallest absolute Gasteiger partial charge is 0.262 e. The van der Waals surface area contributed by atoms with Gasteiger partial charge in [0.25, 0.3) is 5.91 Å². The van der Waals surface area contributed by atoms with Crippen LogP contribution in [0, 0.1) is 18.6 Å². The maximum absolute atomic E-state index is 13.0. The van der Waals surface area contributed by atoms with E-state index in [-0.39, 0.29) is 12.3 Å². The summed E-state index contributed by atoms with van der Waals surface area (Å²) >= 11 is 0. The average Bonchev–Trinajstić information content (AvgIpc) is 2.36. The number of carbonyl (C=O) groups excluding carboxylic acids is 1. The molecule has 0 fully saturated rings. The van der Waals surface area contributed by atoms with E-state index >= 15 is 0 Å². The lowest BCUT2D eigenvalue weighted by Gasteiger charge is -2.09. The molecule has 0 atom stereocenters. The van der Waals surface area contributed by atoms with Gasteiger partial charge < -0.3 is 10.1 Å². The van der Waals surface area contributed by atoms with Crippen molar-refractivity contribution >= 4 is 11.6 Å². The van der Waals surface area contributed by atoms with Gasteiger partial charge in [-0.25, -0.2) is 8.78 Å². The van der Waals surface area contributed by atoms with E-state index in [0.717, 1.165) is 23.8 Å². The third kappa shape index (κ3) is 3.78. The van der Waals surface area contributed by atoms with Gasteiger partial charge in [0.05, 0.1) is 0 Å². The fourth-order valence-corrected chi connectivity index (χ4v) is 1.68. The van der Waals surface area contributed by atoms with Gasteiger partial charge >= 0.3 is 0 Å². The van der Waals surface area contributed by atoms with Crippen LogP contribution in [0.5, 0.6) is 5.75 Å². The van der Waals surface area contributed by atoms with Gasteiger partial charge in [-0.1, -0.05) is 18.2 Å². The highest BCUT2D eigenvalue weighted by atomic mass is 19.1. The van der Waals surface area contributed by atoms with Crippen molar-refractivity contribution in [3.8, 4) is 5.75 Å². The van der Waals surface area contributed by atoms with E-state index in [0.29, 0.717) is 5.75 Å². The number of aryl methyl sites for hydroxylation is 1. The van der Waals surface area contributed by atoms with Crippen molar-refractivity contribution < 1.29 is 18.3 Å². The van der Waals surface area contributed by atoms with Crippen LogP contribution in [0.4, 0.5) is 14.5 Å². The molecule has 5 heteroatoms. The highest BCUT2D eigenvalue weighted by Crippen LogP contribution is 2.16. The maximum Gasteiger partial charge on any atom is 0.262 e. The monoisotopic (exact) mass is 277 g/mol. The molecule has 0 spiro atoms. The van der Waals surface area contributed by atoms with E-state index in [2.05, 4.69) is 5.32 Å². The predicted octanol–water partition coefficient (Wildman–Crippen LogP) is 3.29. The van der Waals surface area contributed by atoms with Crippen LogP contribution in [-0.4, -0.2) is 12.5 Å². The fraction of sp³-hybridized carbons (Fsp3) is 0.133. The Balaban J connectivity index is 1.94. The summed E-state index contributed by atoms with van der Waals surface area (Å²) in [6.45, 7) is 1.62. The van der Waals surface area contributed by atoms with Gasteiger partial charge in [-0.05, 0) is 30.7 Å². The predicted molar refractivity (Wildman–Crippen MR) is 71.7 cm³/mol. The highest BCUT2D eigenvalue weighted by Gasteiger charge is 2.07. The van der Waals surface area contributed by atoms with E-state index in [1.54, 1.807) is 12.1 Å². The van der Waals surface area contributed by atoms with E-state index in [1.165, 1.54) is 0 Å². The van der Waals surface area contributed by atoms with E-state index < -0.39 is 17.5 Å². The Morgan fingerprint density at radius 3 is 2.45 bits per heavy atom. The second-order valence-corrected chi connectivity index (χ2v) is 4.26. The molecule has 0 aliphatic carbocycles. The van der Waals surface area contributed by atoms with Crippen LogP contribution in [-0.2, 0) is 4.79 Å². The summed E-state index contributed by atoms with van der Waals surface area (Å²) in [4.78, 5) is 11.6. The van der Waals surface area contributed by atoms with Gasteiger partial charge in [-0.15, -0.1) is 0 Å². The van der Waals surface area contributed by atoms with Crippen LogP contribution >= 0.6 is 0 Å². The number of nitrogens with one attached hydrogen (secondary N) is 1. The zero-order valence-electron chi connectivity index (χ0n) is 10.8. The molecule has 2 rings (SSSR count). The average molecular weight is 277 g/mol. The Morgan fingerprint density at radius 1 is 1.15 bits per heavy atom. The molecule has 0 unspecified atom stereocenters. The molecule has 2 aromatic carbocycles. The third-order valence-corrected chi connectivity index (χ3v) is 2.60. The quantitative estimate of drug-likeness (QED) is 0.931. The molecule has 3 nitrogen and oxygen atoms in total. The summed E-state index contributed by atoms with van der Waals surface area (Å²) < 4.78 is 31.3. The molecule has 2 aromatic rings. The second kappa shape index (κ2) is 6.14. The molecular weight excluding hydrogens is 264 g/mol. The summed E-state index contributed by atoms with van der Waals surface area (Å²) in [7, 11) is 0. The van der Waals surface area contributed by atoms with Gasteiger partial charge in [0.2, 0.25) is 0 Å². The Morgan fingerprint density at radius 2 is 1.80 bits per heavy atom. The topological polar surface area (TPSA) is 38.3 Å². The van der Waals surface area contributed by atoms with Crippen molar-refractivity contribution in [1.82, 2.24) is 0 Å². The second-order valence-electron chi connectivity index (χ2n) is 4.26. The molecule has 1 amide bonds. The molecule has 104 valence electrons. The largest absolute Gasteiger partial charge is 0.483 e. The van der Waals surface area contributed by atoms with Crippen molar-refractivity contribution in [1.29, 1.82) is 0 Å². The van der Waals surface area contributed by atoms with Crippen LogP contribution in [0.15, 0.2) is 42.5 Å². The lowest BCUT2D eigenvalue weighted by atomic mass is 10.2. The lowest BCUT2D eigenvalue weighted by molar-refractivity contribution is -0.118. The Bertz CT molecular complexity index is 609. The van der Waals surface area contributed by atoms with Gasteiger partial charge in [0.1, 0.15) is 17.4 Å². The van der Waals surface area contributed by atoms with E-state index in [1.807, 2.05) is 19.1 Å². The molecular formula is C15H13F2NO2. The van der Waals surface area contributed by atoms with Gasteiger partial charge in [-0.2, -0.15) is 0 Å². The van der Waals surface area contributed by atoms with Crippen molar-refractivity contribution in [2.24, 2.45) is 0 Å². The minimum absolute atomic E-state index is 0.0564. The lowest BCUT2D eigenvalue weighted by Crippen LogP contribution is -2.20. The highest BCUT2D eigenvalue weighted by molar-refractivity contribution is 5.91. The van der Waals surface area contributed by atoms with Gasteiger partial charge in [-0.3, -0.25) is 4.79 Å². The molecule has 0 aromatic heterocycles. The number of hydrogen-bond acceptors (Lipinski definition) is 2. The zero-order chi connectivity index (χ0) is 14.5. The first kappa shape index (κ1) is 14.0. The Labute approximate surface area is 115 Å². The molecule has 0 aliphatic heterocycles. The van der Waals surface area contributed by atoms with E-state index in [9.17, 15) is 13.6 Å². The molecule has 0 radical (unpaired) electrons. The molecule has 20 heavy (non-hydrogen) atoms. The minimum Gasteiger partial charge on any atom is -0.483 e. The minimum atomic E-state index is -0.750. The van der Waals surface area contributed by atoms with Gasteiger partial charge in [0.15, 0.2) is 6.61 Å². The number of carbonyl (C=O) groups is 1. The third-order valence-electron chi connectivity index (χ3n) is 2.60. The summed E-state index contributed by atoms with van der Waals surface area (Å²) in [6, 6.07) is 10.1. The standard InChI is InChI=1S/C15H13F2NO2/c1-10-4-2-3-5-14(10)20-9-15(19)18-13-7-11(16)6-12(17)8-13/h2-8H,9H2,1H3,(H,18,19). The number of anilines is 1. The van der Waals surface area contributed by atoms with Crippen LogP contribution in [0.25, 0.3) is 0 Å². The summed E-state index contributed by atoms with van der Waals surface area (Å²) in [6.07, 6.45) is 0. The molecule has 0 bridgehead atoms. The number of amides is 1. The Kier molecular flexibility index (Phi) is 4.30. The number of rotatable bonds is 4. The summed E-state index contributed by atoms with van der Waals surface area (Å²) in [5.41, 5.74) is 0.956. The molecule has 1 N–H and O–H groups in total. The van der Waals surface area contributed by atoms with Crippen LogP contribution in [0.3, 0.4) is 0 Å². The zero-order valence-corrected chi connectivity index (χ0v) is 10.8. The SMILES string of the molecule is Cc1ccccc1OCC(=O)Nc1cc(F)cc(F)c1. The molecule has 0 aliphatic rings. The fourth-order valence-electron chi connectivity index (χ4n) is 1.68. The first-order valence-electron chi connectivity index (χ1n) is 5.99. The van der Waals surface area contributed by atoms with Crippen molar-refractivity contribution in [3.05, 3.63) is 59.7 Å². The van der Waals surface area contributed by atoms with Crippen LogP contribution < -0.4 is 10.1 Å². The van der Waals surface area contributed by atoms with Crippen molar-refractivity contribution in [2.75, 3.05) is 11.9 Å². The maximum atomic E-state index is 13.0. The van der Waals surface area contributed by atoms with Crippen LogP contribution in [0.2, 0.25) is 0 Å². The first-order chi connectivity index (χ1) is 9.54. The summed E-state index contributed by atoms with van der Waals surface area (Å²) in [5.74, 6) is -1.40. The molecule has 0 saturated carbocycles. The van der Waals surface area contributed by atoms with Crippen molar-refractivity contribution in [3.63, 3.8) is 0 Å². The van der Waals surface area contributed by atoms with Crippen molar-refractivity contribution in [2.45, 2.75) is 6.92 Å². The first-order valence-corrected chi connectivity index (χ1v) is 5.99.